The van der Waals surface area contributed by atoms with E-state index in [4.69, 9.17) is 15.6 Å². The molecule has 2 saturated heterocycles. The smallest absolute Gasteiger partial charge is 0.222 e. The van der Waals surface area contributed by atoms with E-state index in [0.717, 1.165) is 43.8 Å². The first-order valence-electron chi connectivity index (χ1n) is 9.26. The lowest BCUT2D eigenvalue weighted by atomic mass is 9.83. The summed E-state index contributed by atoms with van der Waals surface area (Å²) in [5.74, 6) is 1.65. The summed E-state index contributed by atoms with van der Waals surface area (Å²) in [6, 6.07) is 8.38. The van der Waals surface area contributed by atoms with Gasteiger partial charge in [0, 0.05) is 50.7 Å². The number of carbonyl (C=O) groups excluding carboxylic acids is 1. The molecule has 0 radical (unpaired) electrons. The highest BCUT2D eigenvalue weighted by Gasteiger charge is 2.38. The number of aliphatic hydroxyl groups is 1. The zero-order chi connectivity index (χ0) is 17.6. The topological polar surface area (TPSA) is 79.0 Å². The molecule has 0 bridgehead atoms. The van der Waals surface area contributed by atoms with Crippen LogP contribution < -0.4 is 10.5 Å². The molecule has 1 aromatic rings. The van der Waals surface area contributed by atoms with Crippen LogP contribution in [0.3, 0.4) is 0 Å². The molecule has 0 aliphatic carbocycles. The third-order valence-corrected chi connectivity index (χ3v) is 5.31. The molecule has 2 aliphatic rings. The Kier molecular flexibility index (Phi) is 10.4. The summed E-state index contributed by atoms with van der Waals surface area (Å²) in [4.78, 5) is 16.7. The van der Waals surface area contributed by atoms with Gasteiger partial charge in [-0.1, -0.05) is 18.2 Å². The maximum Gasteiger partial charge on any atom is 0.222 e. The molecule has 3 N–H and O–H groups in total. The highest BCUT2D eigenvalue weighted by Crippen LogP contribution is 2.32. The molecular formula is C19H31Cl2N3O3. The second kappa shape index (κ2) is 11.7. The number of nitrogens with two attached hydrogens (primary N) is 1. The minimum absolute atomic E-state index is 0. The van der Waals surface area contributed by atoms with Crippen LogP contribution in [0.15, 0.2) is 24.3 Å². The molecule has 1 aromatic carbocycles. The summed E-state index contributed by atoms with van der Waals surface area (Å²) in [6.45, 7) is 4.38. The number of fused-ring (bicyclic) bond motifs is 1. The van der Waals surface area contributed by atoms with Crippen LogP contribution in [0.4, 0.5) is 0 Å². The zero-order valence-corrected chi connectivity index (χ0v) is 17.2. The van der Waals surface area contributed by atoms with Crippen LogP contribution >= 0.6 is 24.8 Å². The van der Waals surface area contributed by atoms with E-state index in [1.807, 2.05) is 23.1 Å². The number of amides is 1. The van der Waals surface area contributed by atoms with Gasteiger partial charge in [-0.3, -0.25) is 9.69 Å². The molecule has 2 heterocycles. The first-order chi connectivity index (χ1) is 12.2. The minimum atomic E-state index is 0. The quantitative estimate of drug-likeness (QED) is 0.702. The summed E-state index contributed by atoms with van der Waals surface area (Å²) >= 11 is 0. The SMILES string of the molecule is Cl.Cl.NCCN1C(=O)CC[C@H]2CN(Cc3ccccc3OCCO)CC[C@H]21. The monoisotopic (exact) mass is 419 g/mol. The molecule has 154 valence electrons. The number of hydrogen-bond donors (Lipinski definition) is 2. The van der Waals surface area contributed by atoms with E-state index in [0.29, 0.717) is 38.1 Å². The van der Waals surface area contributed by atoms with Gasteiger partial charge in [0.2, 0.25) is 5.91 Å². The van der Waals surface area contributed by atoms with Crippen LogP contribution in [-0.4, -0.2) is 66.2 Å². The fraction of sp³-hybridized carbons (Fsp3) is 0.632. The lowest BCUT2D eigenvalue weighted by molar-refractivity contribution is -0.141. The van der Waals surface area contributed by atoms with Gasteiger partial charge in [-0.05, 0) is 24.8 Å². The molecule has 1 amide bonds. The molecular weight excluding hydrogens is 389 g/mol. The lowest BCUT2D eigenvalue weighted by Gasteiger charge is -2.47. The Labute approximate surface area is 173 Å². The normalized spacial score (nSPS) is 22.4. The van der Waals surface area contributed by atoms with Crippen molar-refractivity contribution in [3.05, 3.63) is 29.8 Å². The molecule has 6 nitrogen and oxygen atoms in total. The Morgan fingerprint density at radius 2 is 2.00 bits per heavy atom. The van der Waals surface area contributed by atoms with E-state index in [9.17, 15) is 4.79 Å². The van der Waals surface area contributed by atoms with Crippen molar-refractivity contribution in [2.45, 2.75) is 31.8 Å². The summed E-state index contributed by atoms with van der Waals surface area (Å²) in [6.07, 6.45) is 2.63. The van der Waals surface area contributed by atoms with Crippen molar-refractivity contribution in [1.82, 2.24) is 9.80 Å². The van der Waals surface area contributed by atoms with Crippen molar-refractivity contribution < 1.29 is 14.6 Å². The number of rotatable bonds is 7. The van der Waals surface area contributed by atoms with E-state index in [1.165, 1.54) is 0 Å². The lowest BCUT2D eigenvalue weighted by Crippen LogP contribution is -2.56. The maximum absolute atomic E-state index is 12.2. The van der Waals surface area contributed by atoms with Gasteiger partial charge in [0.05, 0.1) is 6.61 Å². The Bertz CT molecular complexity index is 591. The standard InChI is InChI=1S/C19H29N3O3.2ClH/c20-8-10-22-17-7-9-21(13-15(17)5-6-19(22)24)14-16-3-1-2-4-18(16)25-12-11-23;;/h1-4,15,17,23H,5-14,20H2;2*1H/t15-,17+;;/m0../s1. The zero-order valence-electron chi connectivity index (χ0n) is 15.6. The molecule has 0 aromatic heterocycles. The maximum atomic E-state index is 12.2. The number of para-hydroxylation sites is 1. The Morgan fingerprint density at radius 1 is 1.22 bits per heavy atom. The molecule has 27 heavy (non-hydrogen) atoms. The van der Waals surface area contributed by atoms with Gasteiger partial charge in [-0.25, -0.2) is 0 Å². The third-order valence-electron chi connectivity index (χ3n) is 5.31. The first kappa shape index (κ1) is 24.0. The van der Waals surface area contributed by atoms with Crippen molar-refractivity contribution in [3.8, 4) is 5.75 Å². The number of nitrogens with zero attached hydrogens (tertiary/aromatic N) is 2. The average Bonchev–Trinajstić information content (AvgIpc) is 2.63. The second-order valence-corrected chi connectivity index (χ2v) is 6.95. The summed E-state index contributed by atoms with van der Waals surface area (Å²) < 4.78 is 5.65. The highest BCUT2D eigenvalue weighted by molar-refractivity contribution is 5.85. The Morgan fingerprint density at radius 3 is 2.74 bits per heavy atom. The molecule has 0 saturated carbocycles. The van der Waals surface area contributed by atoms with Gasteiger partial charge >= 0.3 is 0 Å². The van der Waals surface area contributed by atoms with Crippen molar-refractivity contribution >= 4 is 30.7 Å². The summed E-state index contributed by atoms with van der Waals surface area (Å²) in [7, 11) is 0. The van der Waals surface area contributed by atoms with Gasteiger partial charge < -0.3 is 20.5 Å². The number of likely N-dealkylation sites (tertiary alicyclic amines) is 2. The number of piperidine rings is 2. The highest BCUT2D eigenvalue weighted by atomic mass is 35.5. The Hall–Kier alpha value is -1.05. The Balaban J connectivity index is 0.00000182. The minimum Gasteiger partial charge on any atom is -0.491 e. The summed E-state index contributed by atoms with van der Waals surface area (Å²) in [5.41, 5.74) is 6.85. The van der Waals surface area contributed by atoms with E-state index in [1.54, 1.807) is 0 Å². The van der Waals surface area contributed by atoms with Crippen LogP contribution in [0.1, 0.15) is 24.8 Å². The second-order valence-electron chi connectivity index (χ2n) is 6.95. The van der Waals surface area contributed by atoms with E-state index in [-0.39, 0.29) is 37.3 Å². The fourth-order valence-electron chi connectivity index (χ4n) is 4.17. The third kappa shape index (κ3) is 5.96. The van der Waals surface area contributed by atoms with Gasteiger partial charge in [-0.2, -0.15) is 0 Å². The largest absolute Gasteiger partial charge is 0.491 e. The number of halogens is 2. The molecule has 0 spiro atoms. The van der Waals surface area contributed by atoms with Crippen LogP contribution in [-0.2, 0) is 11.3 Å². The fourth-order valence-corrected chi connectivity index (χ4v) is 4.17. The predicted octanol–water partition coefficient (Wildman–Crippen LogP) is 1.67. The molecule has 2 fully saturated rings. The van der Waals surface area contributed by atoms with Gasteiger partial charge in [0.15, 0.2) is 0 Å². The molecule has 0 unspecified atom stereocenters. The van der Waals surface area contributed by atoms with Gasteiger partial charge in [0.25, 0.3) is 0 Å². The number of benzene rings is 1. The van der Waals surface area contributed by atoms with Crippen molar-refractivity contribution in [2.75, 3.05) is 39.4 Å². The van der Waals surface area contributed by atoms with Gasteiger partial charge in [0.1, 0.15) is 12.4 Å². The van der Waals surface area contributed by atoms with Crippen molar-refractivity contribution in [3.63, 3.8) is 0 Å². The molecule has 8 heteroatoms. The number of aliphatic hydroxyl groups excluding tert-OH is 1. The number of carbonyl (C=O) groups is 1. The predicted molar refractivity (Wildman–Crippen MR) is 111 cm³/mol. The van der Waals surface area contributed by atoms with Crippen LogP contribution in [0.5, 0.6) is 5.75 Å². The van der Waals surface area contributed by atoms with Crippen LogP contribution in [0, 0.1) is 5.92 Å². The average molecular weight is 420 g/mol. The van der Waals surface area contributed by atoms with Crippen molar-refractivity contribution in [1.29, 1.82) is 0 Å². The van der Waals surface area contributed by atoms with E-state index < -0.39 is 0 Å². The molecule has 2 aliphatic heterocycles. The van der Waals surface area contributed by atoms with E-state index >= 15 is 0 Å². The van der Waals surface area contributed by atoms with Crippen LogP contribution in [0.25, 0.3) is 0 Å². The first-order valence-corrected chi connectivity index (χ1v) is 9.26. The molecule has 2 atom stereocenters. The number of hydrogen-bond acceptors (Lipinski definition) is 5. The van der Waals surface area contributed by atoms with Gasteiger partial charge in [-0.15, -0.1) is 24.8 Å². The van der Waals surface area contributed by atoms with E-state index in [2.05, 4.69) is 11.0 Å². The number of ether oxygens (including phenoxy) is 1. The van der Waals surface area contributed by atoms with Crippen LogP contribution in [0.2, 0.25) is 0 Å². The summed E-state index contributed by atoms with van der Waals surface area (Å²) in [5, 5.41) is 8.98. The molecule has 3 rings (SSSR count). The van der Waals surface area contributed by atoms with Crippen molar-refractivity contribution in [2.24, 2.45) is 11.7 Å².